The van der Waals surface area contributed by atoms with E-state index in [0.717, 1.165) is 19.3 Å². The number of aromatic carboxylic acids is 1. The molecule has 0 bridgehead atoms. The number of rotatable bonds is 9. The Hall–Kier alpha value is -3.15. The number of morpholine rings is 1. The van der Waals surface area contributed by atoms with Gasteiger partial charge in [-0.1, -0.05) is 0 Å². The molecule has 1 aliphatic heterocycles. The molecule has 2 heterocycles. The van der Waals surface area contributed by atoms with Crippen molar-refractivity contribution >= 4 is 32.5 Å². The van der Waals surface area contributed by atoms with Crippen molar-refractivity contribution < 1.29 is 36.6 Å². The van der Waals surface area contributed by atoms with Crippen LogP contribution in [0.5, 0.6) is 5.75 Å². The third-order valence-electron chi connectivity index (χ3n) is 5.40. The topological polar surface area (TPSA) is 118 Å². The minimum absolute atomic E-state index is 0.0713. The third-order valence-corrected chi connectivity index (χ3v) is 6.07. The van der Waals surface area contributed by atoms with Gasteiger partial charge in [0.2, 0.25) is 0 Å². The SMILES string of the molecule is CS(=O)(=O)CNc1cc2oc(-c3ccc(F)cc3)c(C(=O)O)c2cc1OCCN1CCOCC1. The van der Waals surface area contributed by atoms with Gasteiger partial charge in [0.15, 0.2) is 9.84 Å². The lowest BCUT2D eigenvalue weighted by molar-refractivity contribution is 0.0323. The molecule has 0 spiro atoms. The van der Waals surface area contributed by atoms with Crippen molar-refractivity contribution in [2.45, 2.75) is 0 Å². The van der Waals surface area contributed by atoms with Crippen molar-refractivity contribution in [2.75, 3.05) is 56.9 Å². The van der Waals surface area contributed by atoms with Gasteiger partial charge in [-0.05, 0) is 30.3 Å². The van der Waals surface area contributed by atoms with Gasteiger partial charge in [0, 0.05) is 42.9 Å². The van der Waals surface area contributed by atoms with Gasteiger partial charge in [-0.3, -0.25) is 4.90 Å². The number of hydrogen-bond donors (Lipinski definition) is 2. The zero-order chi connectivity index (χ0) is 24.3. The number of sulfone groups is 1. The van der Waals surface area contributed by atoms with E-state index in [4.69, 9.17) is 13.9 Å². The first-order valence-corrected chi connectivity index (χ1v) is 12.7. The largest absolute Gasteiger partial charge is 0.490 e. The number of benzene rings is 2. The van der Waals surface area contributed by atoms with E-state index in [9.17, 15) is 22.7 Å². The van der Waals surface area contributed by atoms with Crippen molar-refractivity contribution in [3.8, 4) is 17.1 Å². The fourth-order valence-corrected chi connectivity index (χ4v) is 4.13. The second-order valence-electron chi connectivity index (χ2n) is 8.01. The van der Waals surface area contributed by atoms with E-state index < -0.39 is 21.6 Å². The summed E-state index contributed by atoms with van der Waals surface area (Å²) in [5, 5.41) is 13.0. The predicted molar refractivity (Wildman–Crippen MR) is 125 cm³/mol. The van der Waals surface area contributed by atoms with Crippen molar-refractivity contribution in [1.29, 1.82) is 0 Å². The Morgan fingerprint density at radius 2 is 1.91 bits per heavy atom. The highest BCUT2D eigenvalue weighted by Gasteiger charge is 2.24. The zero-order valence-electron chi connectivity index (χ0n) is 18.5. The number of hydrogen-bond acceptors (Lipinski definition) is 8. The van der Waals surface area contributed by atoms with E-state index in [-0.39, 0.29) is 28.2 Å². The number of ether oxygens (including phenoxy) is 2. The second-order valence-corrected chi connectivity index (χ2v) is 10.2. The molecular weight excluding hydrogens is 467 g/mol. The molecule has 0 amide bonds. The maximum atomic E-state index is 13.4. The molecule has 0 unspecified atom stereocenters. The Morgan fingerprint density at radius 3 is 2.56 bits per heavy atom. The maximum Gasteiger partial charge on any atom is 0.340 e. The van der Waals surface area contributed by atoms with Crippen LogP contribution in [-0.2, 0) is 14.6 Å². The summed E-state index contributed by atoms with van der Waals surface area (Å²) in [4.78, 5) is 14.3. The van der Waals surface area contributed by atoms with Crippen LogP contribution in [0.15, 0.2) is 40.8 Å². The minimum Gasteiger partial charge on any atom is -0.490 e. The molecule has 182 valence electrons. The summed E-state index contributed by atoms with van der Waals surface area (Å²) in [6, 6.07) is 8.34. The Labute approximate surface area is 196 Å². The summed E-state index contributed by atoms with van der Waals surface area (Å²) < 4.78 is 53.9. The number of fused-ring (bicyclic) bond motifs is 1. The molecule has 1 aliphatic rings. The fraction of sp³-hybridized carbons (Fsp3) is 0.348. The lowest BCUT2D eigenvalue weighted by atomic mass is 10.0. The molecule has 2 N–H and O–H groups in total. The van der Waals surface area contributed by atoms with Crippen LogP contribution < -0.4 is 10.1 Å². The Balaban J connectivity index is 1.71. The lowest BCUT2D eigenvalue weighted by Crippen LogP contribution is -2.38. The van der Waals surface area contributed by atoms with Crippen LogP contribution in [0.1, 0.15) is 10.4 Å². The van der Waals surface area contributed by atoms with Gasteiger partial charge in [-0.25, -0.2) is 17.6 Å². The highest BCUT2D eigenvalue weighted by Crippen LogP contribution is 2.39. The third kappa shape index (κ3) is 5.66. The molecule has 1 fully saturated rings. The number of carboxylic acid groups (broad SMARTS) is 1. The molecule has 11 heteroatoms. The predicted octanol–water partition coefficient (Wildman–Crippen LogP) is 3.06. The van der Waals surface area contributed by atoms with E-state index in [0.29, 0.717) is 43.4 Å². The lowest BCUT2D eigenvalue weighted by Gasteiger charge is -2.26. The number of nitrogens with one attached hydrogen (secondary N) is 1. The summed E-state index contributed by atoms with van der Waals surface area (Å²) in [5.41, 5.74) is 0.897. The van der Waals surface area contributed by atoms with Gasteiger partial charge in [0.05, 0.1) is 18.9 Å². The monoisotopic (exact) mass is 492 g/mol. The number of carboxylic acids is 1. The van der Waals surface area contributed by atoms with Gasteiger partial charge in [-0.15, -0.1) is 0 Å². The van der Waals surface area contributed by atoms with Gasteiger partial charge in [0.1, 0.15) is 41.0 Å². The van der Waals surface area contributed by atoms with E-state index in [1.807, 2.05) is 0 Å². The van der Waals surface area contributed by atoms with Crippen LogP contribution in [0.4, 0.5) is 10.1 Å². The summed E-state index contributed by atoms with van der Waals surface area (Å²) >= 11 is 0. The smallest absolute Gasteiger partial charge is 0.340 e. The molecule has 9 nitrogen and oxygen atoms in total. The van der Waals surface area contributed by atoms with Gasteiger partial charge in [-0.2, -0.15) is 0 Å². The van der Waals surface area contributed by atoms with E-state index in [1.165, 1.54) is 36.4 Å². The molecule has 0 saturated carbocycles. The van der Waals surface area contributed by atoms with Crippen LogP contribution in [0.25, 0.3) is 22.3 Å². The number of halogens is 1. The summed E-state index contributed by atoms with van der Waals surface area (Å²) in [7, 11) is -3.34. The summed E-state index contributed by atoms with van der Waals surface area (Å²) in [6.07, 6.45) is 1.10. The molecule has 0 aliphatic carbocycles. The van der Waals surface area contributed by atoms with Crippen molar-refractivity contribution in [3.63, 3.8) is 0 Å². The molecular formula is C23H25FN2O7S. The minimum atomic E-state index is -3.34. The quantitative estimate of drug-likeness (QED) is 0.465. The molecule has 1 saturated heterocycles. The van der Waals surface area contributed by atoms with Crippen LogP contribution >= 0.6 is 0 Å². The summed E-state index contributed by atoms with van der Waals surface area (Å²) in [5.74, 6) is -1.63. The Bertz CT molecular complexity index is 1280. The standard InChI is InChI=1S/C23H25FN2O7S/c1-34(29,30)14-25-18-13-19-17(12-20(18)32-11-8-26-6-9-31-10-7-26)21(23(27)28)22(33-19)15-2-4-16(24)5-3-15/h2-5,12-13,25H,6-11,14H2,1H3,(H,27,28). The van der Waals surface area contributed by atoms with Crippen molar-refractivity contribution in [2.24, 2.45) is 0 Å². The first kappa shape index (κ1) is 24.0. The van der Waals surface area contributed by atoms with Crippen molar-refractivity contribution in [3.05, 3.63) is 47.8 Å². The second kappa shape index (κ2) is 10.00. The first-order valence-electron chi connectivity index (χ1n) is 10.7. The van der Waals surface area contributed by atoms with Gasteiger partial charge in [0.25, 0.3) is 0 Å². The van der Waals surface area contributed by atoms with E-state index in [1.54, 1.807) is 0 Å². The Morgan fingerprint density at radius 1 is 1.21 bits per heavy atom. The number of furan rings is 1. The van der Waals surface area contributed by atoms with E-state index in [2.05, 4.69) is 10.2 Å². The number of carbonyl (C=O) groups is 1. The molecule has 2 aromatic carbocycles. The molecule has 0 radical (unpaired) electrons. The highest BCUT2D eigenvalue weighted by molar-refractivity contribution is 7.90. The molecule has 0 atom stereocenters. The molecule has 34 heavy (non-hydrogen) atoms. The van der Waals surface area contributed by atoms with Crippen LogP contribution in [0, 0.1) is 5.82 Å². The number of anilines is 1. The molecule has 3 aromatic rings. The van der Waals surface area contributed by atoms with E-state index >= 15 is 0 Å². The fourth-order valence-electron chi connectivity index (χ4n) is 3.72. The Kier molecular flexibility index (Phi) is 7.05. The van der Waals surface area contributed by atoms with Crippen molar-refractivity contribution in [1.82, 2.24) is 4.90 Å². The average molecular weight is 493 g/mol. The maximum absolute atomic E-state index is 13.4. The van der Waals surface area contributed by atoms with Gasteiger partial charge >= 0.3 is 5.97 Å². The van der Waals surface area contributed by atoms with Crippen LogP contribution in [0.3, 0.4) is 0 Å². The zero-order valence-corrected chi connectivity index (χ0v) is 19.4. The van der Waals surface area contributed by atoms with Crippen LogP contribution in [0.2, 0.25) is 0 Å². The molecule has 4 rings (SSSR count). The first-order chi connectivity index (χ1) is 16.2. The normalized spacial score (nSPS) is 14.9. The van der Waals surface area contributed by atoms with Crippen LogP contribution in [-0.4, -0.2) is 76.0 Å². The average Bonchev–Trinajstić information content (AvgIpc) is 3.16. The summed E-state index contributed by atoms with van der Waals surface area (Å²) in [6.45, 7) is 3.81. The highest BCUT2D eigenvalue weighted by atomic mass is 32.2. The van der Waals surface area contributed by atoms with Gasteiger partial charge < -0.3 is 24.3 Å². The molecule has 1 aromatic heterocycles. The number of nitrogens with zero attached hydrogens (tertiary/aromatic N) is 1.